The van der Waals surface area contributed by atoms with Crippen LogP contribution in [-0.4, -0.2) is 21.1 Å². The van der Waals surface area contributed by atoms with Crippen LogP contribution in [-0.2, 0) is 6.42 Å². The molecule has 2 aromatic carbocycles. The quantitative estimate of drug-likeness (QED) is 0.584. The molecule has 1 aromatic heterocycles. The van der Waals surface area contributed by atoms with Crippen LogP contribution < -0.4 is 0 Å². The van der Waals surface area contributed by atoms with E-state index in [0.717, 1.165) is 17.5 Å². The Morgan fingerprint density at radius 2 is 1.86 bits per heavy atom. The molecule has 4 nitrogen and oxygen atoms in total. The predicted molar refractivity (Wildman–Crippen MR) is 91.7 cm³/mol. The first-order valence-electron chi connectivity index (χ1n) is 7.14. The second-order valence-corrected chi connectivity index (χ2v) is 5.26. The van der Waals surface area contributed by atoms with E-state index in [9.17, 15) is 0 Å². The van der Waals surface area contributed by atoms with E-state index in [1.54, 1.807) is 10.9 Å². The highest BCUT2D eigenvalue weighted by atomic mass is 32.1. The van der Waals surface area contributed by atoms with Gasteiger partial charge in [0.05, 0.1) is 6.21 Å². The van der Waals surface area contributed by atoms with Gasteiger partial charge in [-0.3, -0.25) is 0 Å². The molecule has 110 valence electrons. The van der Waals surface area contributed by atoms with E-state index in [4.69, 9.17) is 12.2 Å². The Morgan fingerprint density at radius 1 is 1.14 bits per heavy atom. The average Bonchev–Trinajstić information content (AvgIpc) is 2.95. The fourth-order valence-corrected chi connectivity index (χ4v) is 2.32. The zero-order chi connectivity index (χ0) is 15.4. The van der Waals surface area contributed by atoms with Crippen molar-refractivity contribution in [1.82, 2.24) is 14.9 Å². The van der Waals surface area contributed by atoms with Crippen LogP contribution >= 0.6 is 12.2 Å². The summed E-state index contributed by atoms with van der Waals surface area (Å²) in [5.74, 6) is 0.701. The van der Waals surface area contributed by atoms with Gasteiger partial charge < -0.3 is 0 Å². The second kappa shape index (κ2) is 6.49. The lowest BCUT2D eigenvalue weighted by Crippen LogP contribution is -1.95. The summed E-state index contributed by atoms with van der Waals surface area (Å²) in [7, 11) is 0. The van der Waals surface area contributed by atoms with Crippen LogP contribution in [0.1, 0.15) is 18.1 Å². The molecular weight excluding hydrogens is 292 g/mol. The van der Waals surface area contributed by atoms with Gasteiger partial charge in [0.2, 0.25) is 4.77 Å². The maximum atomic E-state index is 5.26. The molecule has 5 heteroatoms. The van der Waals surface area contributed by atoms with Crippen molar-refractivity contribution in [3.05, 3.63) is 70.5 Å². The summed E-state index contributed by atoms with van der Waals surface area (Å²) < 4.78 is 2.11. The van der Waals surface area contributed by atoms with Gasteiger partial charge in [0.15, 0.2) is 5.82 Å². The third kappa shape index (κ3) is 3.04. The summed E-state index contributed by atoms with van der Waals surface area (Å²) in [6, 6.07) is 18.2. The van der Waals surface area contributed by atoms with Crippen molar-refractivity contribution in [1.29, 1.82) is 0 Å². The molecule has 1 N–H and O–H groups in total. The highest BCUT2D eigenvalue weighted by Crippen LogP contribution is 2.16. The number of rotatable bonds is 4. The lowest BCUT2D eigenvalue weighted by Gasteiger charge is -2.01. The number of benzene rings is 2. The zero-order valence-electron chi connectivity index (χ0n) is 12.2. The molecule has 0 unspecified atom stereocenters. The molecule has 0 aliphatic rings. The first-order chi connectivity index (χ1) is 10.8. The van der Waals surface area contributed by atoms with Crippen LogP contribution in [0.25, 0.3) is 11.4 Å². The summed E-state index contributed by atoms with van der Waals surface area (Å²) in [4.78, 5) is 0. The maximum absolute atomic E-state index is 5.26. The topological polar surface area (TPSA) is 46.0 Å². The molecule has 3 aromatic rings. The number of H-pyrrole nitrogens is 1. The lowest BCUT2D eigenvalue weighted by atomic mass is 10.1. The van der Waals surface area contributed by atoms with Crippen molar-refractivity contribution in [2.24, 2.45) is 5.10 Å². The van der Waals surface area contributed by atoms with E-state index < -0.39 is 0 Å². The van der Waals surface area contributed by atoms with E-state index in [1.807, 2.05) is 42.5 Å². The molecule has 0 amide bonds. The first kappa shape index (κ1) is 14.4. The number of aryl methyl sites for hydroxylation is 1. The molecule has 0 atom stereocenters. The monoisotopic (exact) mass is 308 g/mol. The summed E-state index contributed by atoms with van der Waals surface area (Å²) >= 11 is 5.26. The van der Waals surface area contributed by atoms with Gasteiger partial charge >= 0.3 is 0 Å². The standard InChI is InChI=1S/C17H16N4S/c1-2-13-8-10-14(11-9-13)12-18-21-16(19-20-17(21)22)15-6-4-3-5-7-15/h3-12H,2H2,1H3,(H,20,22)/b18-12-. The number of aromatic amines is 1. The number of nitrogens with zero attached hydrogens (tertiary/aromatic N) is 3. The van der Waals surface area contributed by atoms with Gasteiger partial charge in [-0.15, -0.1) is 0 Å². The first-order valence-corrected chi connectivity index (χ1v) is 7.55. The summed E-state index contributed by atoms with van der Waals surface area (Å²) in [6.45, 7) is 2.14. The highest BCUT2D eigenvalue weighted by Gasteiger charge is 2.06. The van der Waals surface area contributed by atoms with Crippen molar-refractivity contribution in [3.8, 4) is 11.4 Å². The molecule has 0 saturated carbocycles. The third-order valence-electron chi connectivity index (χ3n) is 3.39. The molecule has 1 heterocycles. The lowest BCUT2D eigenvalue weighted by molar-refractivity contribution is 0.871. The summed E-state index contributed by atoms with van der Waals surface area (Å²) in [5.41, 5.74) is 3.30. The fraction of sp³-hybridized carbons (Fsp3) is 0.118. The molecule has 22 heavy (non-hydrogen) atoms. The Bertz CT molecular complexity index is 829. The van der Waals surface area contributed by atoms with E-state index in [0.29, 0.717) is 10.6 Å². The van der Waals surface area contributed by atoms with Gasteiger partial charge in [0, 0.05) is 5.56 Å². The molecule has 0 bridgehead atoms. The molecule has 0 aliphatic heterocycles. The largest absolute Gasteiger partial charge is 0.250 e. The SMILES string of the molecule is CCc1ccc(/C=N\n2c(-c3ccccc3)n[nH]c2=S)cc1. The highest BCUT2D eigenvalue weighted by molar-refractivity contribution is 7.71. The molecule has 3 rings (SSSR count). The maximum Gasteiger partial charge on any atom is 0.216 e. The van der Waals surface area contributed by atoms with Crippen molar-refractivity contribution < 1.29 is 0 Å². The minimum Gasteiger partial charge on any atom is -0.250 e. The van der Waals surface area contributed by atoms with Gasteiger partial charge in [-0.25, -0.2) is 5.10 Å². The Hall–Kier alpha value is -2.53. The minimum absolute atomic E-state index is 0.472. The Balaban J connectivity index is 1.93. The van der Waals surface area contributed by atoms with Gasteiger partial charge in [-0.05, 0) is 29.8 Å². The van der Waals surface area contributed by atoms with E-state index in [1.165, 1.54) is 5.56 Å². The van der Waals surface area contributed by atoms with Crippen LogP contribution in [0.15, 0.2) is 59.7 Å². The van der Waals surface area contributed by atoms with Crippen molar-refractivity contribution in [2.75, 3.05) is 0 Å². The normalized spacial score (nSPS) is 11.1. The van der Waals surface area contributed by atoms with E-state index in [-0.39, 0.29) is 0 Å². The molecule has 0 saturated heterocycles. The van der Waals surface area contributed by atoms with Crippen LogP contribution in [0, 0.1) is 4.77 Å². The summed E-state index contributed by atoms with van der Waals surface area (Å²) in [6.07, 6.45) is 2.82. The van der Waals surface area contributed by atoms with Crippen LogP contribution in [0.4, 0.5) is 0 Å². The van der Waals surface area contributed by atoms with E-state index in [2.05, 4.69) is 34.4 Å². The van der Waals surface area contributed by atoms with Crippen molar-refractivity contribution in [2.45, 2.75) is 13.3 Å². The van der Waals surface area contributed by atoms with Gasteiger partial charge in [-0.2, -0.15) is 14.9 Å². The van der Waals surface area contributed by atoms with Crippen LogP contribution in [0.3, 0.4) is 0 Å². The van der Waals surface area contributed by atoms with Gasteiger partial charge in [0.25, 0.3) is 0 Å². The van der Waals surface area contributed by atoms with Crippen molar-refractivity contribution in [3.63, 3.8) is 0 Å². The van der Waals surface area contributed by atoms with Crippen LogP contribution in [0.5, 0.6) is 0 Å². The van der Waals surface area contributed by atoms with Gasteiger partial charge in [0.1, 0.15) is 0 Å². The Kier molecular flexibility index (Phi) is 4.25. The number of hydrogen-bond donors (Lipinski definition) is 1. The summed E-state index contributed by atoms with van der Waals surface area (Å²) in [5, 5.41) is 11.5. The smallest absolute Gasteiger partial charge is 0.216 e. The van der Waals surface area contributed by atoms with Crippen LogP contribution in [0.2, 0.25) is 0 Å². The van der Waals surface area contributed by atoms with E-state index >= 15 is 0 Å². The molecule has 0 spiro atoms. The number of hydrogen-bond acceptors (Lipinski definition) is 3. The fourth-order valence-electron chi connectivity index (χ4n) is 2.14. The zero-order valence-corrected chi connectivity index (χ0v) is 13.0. The molecule has 0 fully saturated rings. The average molecular weight is 308 g/mol. The molecule has 0 aliphatic carbocycles. The number of nitrogens with one attached hydrogen (secondary N) is 1. The Morgan fingerprint density at radius 3 is 2.55 bits per heavy atom. The second-order valence-electron chi connectivity index (χ2n) is 4.87. The molecule has 0 radical (unpaired) electrons. The number of aromatic nitrogens is 3. The van der Waals surface area contributed by atoms with Crippen molar-refractivity contribution >= 4 is 18.4 Å². The van der Waals surface area contributed by atoms with Gasteiger partial charge in [-0.1, -0.05) is 61.5 Å². The molecular formula is C17H16N4S. The third-order valence-corrected chi connectivity index (χ3v) is 3.66. The Labute approximate surface area is 134 Å². The minimum atomic E-state index is 0.472. The predicted octanol–water partition coefficient (Wildman–Crippen LogP) is 4.05.